The first-order chi connectivity index (χ1) is 6.38. The fraction of sp³-hybridized carbons (Fsp3) is 0.818. The third-order valence-electron chi connectivity index (χ3n) is 2.63. The van der Waals surface area contributed by atoms with Crippen LogP contribution in [0.5, 0.6) is 0 Å². The predicted molar refractivity (Wildman–Crippen MR) is 54.5 cm³/mol. The second-order valence-electron chi connectivity index (χ2n) is 3.50. The van der Waals surface area contributed by atoms with E-state index in [1.54, 1.807) is 0 Å². The average Bonchev–Trinajstić information content (AvgIpc) is 2.21. The molecule has 2 atom stereocenters. The van der Waals surface area contributed by atoms with Crippen LogP contribution in [0.1, 0.15) is 26.2 Å². The van der Waals surface area contributed by atoms with Crippen molar-refractivity contribution in [3.05, 3.63) is 0 Å². The van der Waals surface area contributed by atoms with Crippen molar-refractivity contribution in [1.29, 1.82) is 0 Å². The highest BCUT2D eigenvalue weighted by molar-refractivity contribution is 4.99. The van der Waals surface area contributed by atoms with Gasteiger partial charge in [0.2, 0.25) is 0 Å². The summed E-state index contributed by atoms with van der Waals surface area (Å²) in [4.78, 5) is 0. The summed E-state index contributed by atoms with van der Waals surface area (Å²) < 4.78 is 5.46. The van der Waals surface area contributed by atoms with Gasteiger partial charge >= 0.3 is 0 Å². The molecule has 0 bridgehead atoms. The quantitative estimate of drug-likeness (QED) is 0.665. The van der Waals surface area contributed by atoms with E-state index in [4.69, 9.17) is 4.74 Å². The molecular formula is C11H19NO. The number of hydrogen-bond acceptors (Lipinski definition) is 2. The molecule has 2 nitrogen and oxygen atoms in total. The SMILES string of the molecule is CC#CCC(NC)C1CCCOC1. The number of hydrogen-bond donors (Lipinski definition) is 1. The highest BCUT2D eigenvalue weighted by atomic mass is 16.5. The summed E-state index contributed by atoms with van der Waals surface area (Å²) in [6.45, 7) is 3.73. The molecule has 1 aliphatic heterocycles. The standard InChI is InChI=1S/C11H19NO/c1-3-4-7-11(12-2)10-6-5-8-13-9-10/h10-12H,5-9H2,1-2H3. The van der Waals surface area contributed by atoms with Gasteiger partial charge < -0.3 is 10.1 Å². The fourth-order valence-corrected chi connectivity index (χ4v) is 1.80. The molecule has 0 aromatic rings. The normalized spacial score (nSPS) is 24.6. The molecule has 2 unspecified atom stereocenters. The molecule has 1 rings (SSSR count). The van der Waals surface area contributed by atoms with Crippen molar-refractivity contribution in [2.45, 2.75) is 32.2 Å². The molecule has 74 valence electrons. The average molecular weight is 181 g/mol. The van der Waals surface area contributed by atoms with E-state index in [1.165, 1.54) is 12.8 Å². The second kappa shape index (κ2) is 6.01. The van der Waals surface area contributed by atoms with Crippen molar-refractivity contribution >= 4 is 0 Å². The van der Waals surface area contributed by atoms with Gasteiger partial charge in [0.15, 0.2) is 0 Å². The van der Waals surface area contributed by atoms with Crippen LogP contribution in [0.4, 0.5) is 0 Å². The van der Waals surface area contributed by atoms with Crippen molar-refractivity contribution in [1.82, 2.24) is 5.32 Å². The molecule has 0 aliphatic carbocycles. The largest absolute Gasteiger partial charge is 0.381 e. The Morgan fingerprint density at radius 2 is 2.46 bits per heavy atom. The Morgan fingerprint density at radius 1 is 1.62 bits per heavy atom. The lowest BCUT2D eigenvalue weighted by atomic mass is 9.92. The smallest absolute Gasteiger partial charge is 0.0509 e. The Balaban J connectivity index is 2.37. The summed E-state index contributed by atoms with van der Waals surface area (Å²) in [6.07, 6.45) is 3.42. The molecule has 0 aromatic carbocycles. The lowest BCUT2D eigenvalue weighted by Crippen LogP contribution is -2.37. The van der Waals surface area contributed by atoms with Crippen LogP contribution in [-0.4, -0.2) is 26.3 Å². The summed E-state index contributed by atoms with van der Waals surface area (Å²) >= 11 is 0. The van der Waals surface area contributed by atoms with Gasteiger partial charge in [-0.25, -0.2) is 0 Å². The molecule has 1 saturated heterocycles. The first-order valence-electron chi connectivity index (χ1n) is 5.03. The third-order valence-corrected chi connectivity index (χ3v) is 2.63. The van der Waals surface area contributed by atoms with Crippen LogP contribution < -0.4 is 5.32 Å². The van der Waals surface area contributed by atoms with Gasteiger partial charge in [-0.05, 0) is 32.7 Å². The molecule has 0 saturated carbocycles. The maximum absolute atomic E-state index is 5.46. The topological polar surface area (TPSA) is 21.3 Å². The maximum Gasteiger partial charge on any atom is 0.0509 e. The third kappa shape index (κ3) is 3.38. The lowest BCUT2D eigenvalue weighted by molar-refractivity contribution is 0.0412. The van der Waals surface area contributed by atoms with Crippen LogP contribution in [0, 0.1) is 17.8 Å². The van der Waals surface area contributed by atoms with E-state index in [0.717, 1.165) is 19.6 Å². The summed E-state index contributed by atoms with van der Waals surface area (Å²) in [5.41, 5.74) is 0. The molecule has 0 aromatic heterocycles. The summed E-state index contributed by atoms with van der Waals surface area (Å²) in [5.74, 6) is 6.72. The van der Waals surface area contributed by atoms with Crippen LogP contribution in [-0.2, 0) is 4.74 Å². The Morgan fingerprint density at radius 3 is 3.00 bits per heavy atom. The highest BCUT2D eigenvalue weighted by Crippen LogP contribution is 2.18. The monoisotopic (exact) mass is 181 g/mol. The molecule has 13 heavy (non-hydrogen) atoms. The Hall–Kier alpha value is -0.520. The zero-order chi connectivity index (χ0) is 9.52. The van der Waals surface area contributed by atoms with Crippen molar-refractivity contribution in [2.75, 3.05) is 20.3 Å². The second-order valence-corrected chi connectivity index (χ2v) is 3.50. The first kappa shape index (κ1) is 10.6. The molecule has 2 heteroatoms. The Kier molecular flexibility index (Phi) is 4.88. The Labute approximate surface area is 81.0 Å². The van der Waals surface area contributed by atoms with Gasteiger partial charge in [0, 0.05) is 19.1 Å². The lowest BCUT2D eigenvalue weighted by Gasteiger charge is -2.28. The molecular weight excluding hydrogens is 162 g/mol. The van der Waals surface area contributed by atoms with Crippen LogP contribution in [0.3, 0.4) is 0 Å². The van der Waals surface area contributed by atoms with E-state index in [9.17, 15) is 0 Å². The Bertz CT molecular complexity index is 186. The molecule has 0 amide bonds. The van der Waals surface area contributed by atoms with Crippen molar-refractivity contribution in [2.24, 2.45) is 5.92 Å². The van der Waals surface area contributed by atoms with E-state index in [2.05, 4.69) is 17.2 Å². The van der Waals surface area contributed by atoms with Gasteiger partial charge in [0.1, 0.15) is 0 Å². The minimum atomic E-state index is 0.507. The van der Waals surface area contributed by atoms with Crippen LogP contribution in [0.15, 0.2) is 0 Å². The van der Waals surface area contributed by atoms with Gasteiger partial charge in [0.25, 0.3) is 0 Å². The van der Waals surface area contributed by atoms with Crippen LogP contribution in [0.2, 0.25) is 0 Å². The number of nitrogens with one attached hydrogen (secondary N) is 1. The van der Waals surface area contributed by atoms with E-state index in [1.807, 2.05) is 14.0 Å². The van der Waals surface area contributed by atoms with Gasteiger partial charge in [-0.1, -0.05) is 0 Å². The van der Waals surface area contributed by atoms with Crippen LogP contribution in [0.25, 0.3) is 0 Å². The number of rotatable bonds is 3. The summed E-state index contributed by atoms with van der Waals surface area (Å²) in [7, 11) is 2.01. The molecule has 1 heterocycles. The molecule has 1 aliphatic rings. The van der Waals surface area contributed by atoms with E-state index < -0.39 is 0 Å². The maximum atomic E-state index is 5.46. The van der Waals surface area contributed by atoms with Crippen LogP contribution >= 0.6 is 0 Å². The highest BCUT2D eigenvalue weighted by Gasteiger charge is 2.21. The van der Waals surface area contributed by atoms with E-state index in [0.29, 0.717) is 12.0 Å². The minimum Gasteiger partial charge on any atom is -0.381 e. The fourth-order valence-electron chi connectivity index (χ4n) is 1.80. The molecule has 1 N–H and O–H groups in total. The zero-order valence-electron chi connectivity index (χ0n) is 8.60. The molecule has 0 spiro atoms. The zero-order valence-corrected chi connectivity index (χ0v) is 8.60. The van der Waals surface area contributed by atoms with Crippen molar-refractivity contribution in [3.63, 3.8) is 0 Å². The van der Waals surface area contributed by atoms with Gasteiger partial charge in [-0.3, -0.25) is 0 Å². The van der Waals surface area contributed by atoms with Gasteiger partial charge in [-0.15, -0.1) is 11.8 Å². The van der Waals surface area contributed by atoms with Crippen molar-refractivity contribution < 1.29 is 4.74 Å². The minimum absolute atomic E-state index is 0.507. The molecule has 1 fully saturated rings. The van der Waals surface area contributed by atoms with Gasteiger partial charge in [0.05, 0.1) is 6.61 Å². The van der Waals surface area contributed by atoms with Gasteiger partial charge in [-0.2, -0.15) is 0 Å². The molecule has 0 radical (unpaired) electrons. The van der Waals surface area contributed by atoms with E-state index in [-0.39, 0.29) is 0 Å². The summed E-state index contributed by atoms with van der Waals surface area (Å²) in [5, 5.41) is 3.32. The predicted octanol–water partition coefficient (Wildman–Crippen LogP) is 1.41. The van der Waals surface area contributed by atoms with E-state index >= 15 is 0 Å². The summed E-state index contributed by atoms with van der Waals surface area (Å²) in [6, 6.07) is 0.507. The number of ether oxygens (including phenoxy) is 1. The van der Waals surface area contributed by atoms with Crippen molar-refractivity contribution in [3.8, 4) is 11.8 Å². The first-order valence-corrected chi connectivity index (χ1v) is 5.03.